The Morgan fingerprint density at radius 2 is 2.04 bits per heavy atom. The number of benzene rings is 1. The third kappa shape index (κ3) is 5.14. The van der Waals surface area contributed by atoms with Gasteiger partial charge in [-0.2, -0.15) is 0 Å². The number of H-pyrrole nitrogens is 1. The monoisotopic (exact) mass is 409 g/mol. The number of primary sulfonamides is 1. The lowest BCUT2D eigenvalue weighted by molar-refractivity contribution is -0.113. The number of carbonyl (C=O) groups excluding carboxylic acids is 1. The van der Waals surface area contributed by atoms with Crippen LogP contribution in [-0.4, -0.2) is 35.3 Å². The average Bonchev–Trinajstić information content (AvgIpc) is 3.25. The highest BCUT2D eigenvalue weighted by atomic mass is 32.2. The summed E-state index contributed by atoms with van der Waals surface area (Å²) in [7, 11) is -3.75. The van der Waals surface area contributed by atoms with Crippen molar-refractivity contribution < 1.29 is 13.2 Å². The van der Waals surface area contributed by atoms with Gasteiger partial charge in [-0.05, 0) is 35.7 Å². The highest BCUT2D eigenvalue weighted by Crippen LogP contribution is 2.17. The number of thiophene rings is 1. The molecule has 0 atom stereocenters. The molecule has 3 rings (SSSR count). The van der Waals surface area contributed by atoms with Crippen molar-refractivity contribution >= 4 is 44.7 Å². The Balaban J connectivity index is 1.50. The third-order valence-electron chi connectivity index (χ3n) is 3.23. The Hall–Kier alpha value is -2.21. The SMILES string of the molecule is NS(=O)(=O)c1ccc(NC(=O)CSc2n[nH]c(Cc3cccs3)n2)cc1. The first kappa shape index (κ1) is 18.6. The highest BCUT2D eigenvalue weighted by molar-refractivity contribution is 7.99. The van der Waals surface area contributed by atoms with E-state index in [-0.39, 0.29) is 16.6 Å². The number of nitrogens with two attached hydrogens (primary N) is 1. The zero-order valence-electron chi connectivity index (χ0n) is 13.4. The summed E-state index contributed by atoms with van der Waals surface area (Å²) >= 11 is 2.86. The van der Waals surface area contributed by atoms with Gasteiger partial charge in [0.05, 0.1) is 10.6 Å². The molecule has 0 radical (unpaired) electrons. The van der Waals surface area contributed by atoms with E-state index in [1.165, 1.54) is 40.9 Å². The lowest BCUT2D eigenvalue weighted by atomic mass is 10.3. The summed E-state index contributed by atoms with van der Waals surface area (Å²) < 4.78 is 22.4. The summed E-state index contributed by atoms with van der Waals surface area (Å²) in [4.78, 5) is 17.5. The lowest BCUT2D eigenvalue weighted by Gasteiger charge is -2.05. The quantitative estimate of drug-likeness (QED) is 0.510. The Bertz CT molecular complexity index is 982. The molecule has 1 aromatic carbocycles. The minimum absolute atomic E-state index is 0.0103. The number of carbonyl (C=O) groups is 1. The van der Waals surface area contributed by atoms with Crippen LogP contribution in [0.2, 0.25) is 0 Å². The number of hydrogen-bond donors (Lipinski definition) is 3. The van der Waals surface area contributed by atoms with Crippen LogP contribution in [0.4, 0.5) is 5.69 Å². The van der Waals surface area contributed by atoms with Gasteiger partial charge in [0.1, 0.15) is 5.82 Å². The van der Waals surface area contributed by atoms with E-state index in [0.29, 0.717) is 17.3 Å². The molecular formula is C15H15N5O3S3. The number of sulfonamides is 1. The van der Waals surface area contributed by atoms with Crippen LogP contribution in [-0.2, 0) is 21.2 Å². The summed E-state index contributed by atoms with van der Waals surface area (Å²) in [5, 5.41) is 17.1. The fraction of sp³-hybridized carbons (Fsp3) is 0.133. The van der Waals surface area contributed by atoms with Gasteiger partial charge in [-0.3, -0.25) is 9.89 Å². The number of hydrogen-bond acceptors (Lipinski definition) is 7. The van der Waals surface area contributed by atoms with E-state index in [1.807, 2.05) is 17.5 Å². The summed E-state index contributed by atoms with van der Waals surface area (Å²) in [6.45, 7) is 0. The first-order valence-corrected chi connectivity index (χ1v) is 10.8. The largest absolute Gasteiger partial charge is 0.325 e. The molecule has 0 unspecified atom stereocenters. The lowest BCUT2D eigenvalue weighted by Crippen LogP contribution is -2.15. The van der Waals surface area contributed by atoms with Crippen LogP contribution in [0.25, 0.3) is 0 Å². The molecular weight excluding hydrogens is 394 g/mol. The normalized spacial score (nSPS) is 11.4. The average molecular weight is 410 g/mol. The first-order chi connectivity index (χ1) is 12.4. The number of rotatable bonds is 7. The van der Waals surface area contributed by atoms with E-state index in [2.05, 4.69) is 20.5 Å². The van der Waals surface area contributed by atoms with Gasteiger partial charge in [0, 0.05) is 17.0 Å². The predicted octanol–water partition coefficient (Wildman–Crippen LogP) is 1.84. The standard InChI is InChI=1S/C15H15N5O3S3/c16-26(22,23)12-5-3-10(4-6-12)17-14(21)9-25-15-18-13(19-20-15)8-11-2-1-7-24-11/h1-7H,8-9H2,(H,17,21)(H2,16,22,23)(H,18,19,20). The number of aromatic nitrogens is 3. The van der Waals surface area contributed by atoms with E-state index in [0.717, 1.165) is 5.82 Å². The Morgan fingerprint density at radius 3 is 2.69 bits per heavy atom. The van der Waals surface area contributed by atoms with E-state index < -0.39 is 10.0 Å². The van der Waals surface area contributed by atoms with Crippen molar-refractivity contribution in [2.24, 2.45) is 5.14 Å². The summed E-state index contributed by atoms with van der Waals surface area (Å²) in [5.41, 5.74) is 0.483. The number of aromatic amines is 1. The van der Waals surface area contributed by atoms with Crippen molar-refractivity contribution in [3.63, 3.8) is 0 Å². The minimum Gasteiger partial charge on any atom is -0.325 e. The van der Waals surface area contributed by atoms with Crippen LogP contribution in [0.5, 0.6) is 0 Å². The smallest absolute Gasteiger partial charge is 0.238 e. The summed E-state index contributed by atoms with van der Waals surface area (Å²) in [6.07, 6.45) is 0.674. The molecule has 8 nitrogen and oxygen atoms in total. The molecule has 0 aliphatic heterocycles. The fourth-order valence-corrected chi connectivity index (χ4v) is 3.90. The molecule has 0 saturated carbocycles. The number of anilines is 1. The topological polar surface area (TPSA) is 131 Å². The summed E-state index contributed by atoms with van der Waals surface area (Å²) in [5.74, 6) is 0.629. The second-order valence-corrected chi connectivity index (χ2v) is 8.76. The molecule has 0 saturated heterocycles. The molecule has 136 valence electrons. The molecule has 3 aromatic rings. The number of nitrogens with zero attached hydrogens (tertiary/aromatic N) is 2. The highest BCUT2D eigenvalue weighted by Gasteiger charge is 2.10. The Kier molecular flexibility index (Phi) is 5.71. The van der Waals surface area contributed by atoms with Crippen molar-refractivity contribution in [3.8, 4) is 0 Å². The van der Waals surface area contributed by atoms with Gasteiger partial charge in [-0.15, -0.1) is 16.4 Å². The van der Waals surface area contributed by atoms with Crippen LogP contribution < -0.4 is 10.5 Å². The molecule has 0 bridgehead atoms. The van der Waals surface area contributed by atoms with Gasteiger partial charge in [-0.25, -0.2) is 18.5 Å². The summed E-state index contributed by atoms with van der Waals surface area (Å²) in [6, 6.07) is 9.64. The van der Waals surface area contributed by atoms with Crippen LogP contribution in [0.3, 0.4) is 0 Å². The first-order valence-electron chi connectivity index (χ1n) is 7.39. The Labute approximate surface area is 158 Å². The zero-order chi connectivity index (χ0) is 18.6. The third-order valence-corrected chi connectivity index (χ3v) is 5.88. The second-order valence-electron chi connectivity index (χ2n) is 5.23. The van der Waals surface area contributed by atoms with Crippen molar-refractivity contribution in [3.05, 3.63) is 52.5 Å². The van der Waals surface area contributed by atoms with Crippen molar-refractivity contribution in [1.82, 2.24) is 15.2 Å². The molecule has 0 aliphatic rings. The van der Waals surface area contributed by atoms with E-state index >= 15 is 0 Å². The van der Waals surface area contributed by atoms with Gasteiger partial charge >= 0.3 is 0 Å². The van der Waals surface area contributed by atoms with Gasteiger partial charge in [-0.1, -0.05) is 17.8 Å². The maximum atomic E-state index is 12.0. The van der Waals surface area contributed by atoms with Crippen LogP contribution >= 0.6 is 23.1 Å². The molecule has 11 heteroatoms. The molecule has 2 heterocycles. The minimum atomic E-state index is -3.75. The Morgan fingerprint density at radius 1 is 1.27 bits per heavy atom. The predicted molar refractivity (Wildman–Crippen MR) is 101 cm³/mol. The van der Waals surface area contributed by atoms with E-state index in [9.17, 15) is 13.2 Å². The van der Waals surface area contributed by atoms with Crippen molar-refractivity contribution in [2.45, 2.75) is 16.5 Å². The molecule has 0 spiro atoms. The number of amides is 1. The van der Waals surface area contributed by atoms with Crippen molar-refractivity contribution in [2.75, 3.05) is 11.1 Å². The van der Waals surface area contributed by atoms with Crippen LogP contribution in [0.15, 0.2) is 51.8 Å². The van der Waals surface area contributed by atoms with Gasteiger partial charge in [0.15, 0.2) is 0 Å². The number of thioether (sulfide) groups is 1. The fourth-order valence-electron chi connectivity index (χ4n) is 2.05. The molecule has 0 fully saturated rings. The van der Waals surface area contributed by atoms with E-state index in [4.69, 9.17) is 5.14 Å². The number of nitrogens with one attached hydrogen (secondary N) is 2. The van der Waals surface area contributed by atoms with Gasteiger partial charge < -0.3 is 5.32 Å². The zero-order valence-corrected chi connectivity index (χ0v) is 15.8. The van der Waals surface area contributed by atoms with Crippen LogP contribution in [0, 0.1) is 0 Å². The van der Waals surface area contributed by atoms with E-state index in [1.54, 1.807) is 11.3 Å². The second kappa shape index (κ2) is 7.99. The molecule has 0 aliphatic carbocycles. The molecule has 4 N–H and O–H groups in total. The maximum absolute atomic E-state index is 12.0. The van der Waals surface area contributed by atoms with Crippen molar-refractivity contribution in [1.29, 1.82) is 0 Å². The molecule has 26 heavy (non-hydrogen) atoms. The molecule has 2 aromatic heterocycles. The van der Waals surface area contributed by atoms with Gasteiger partial charge in [0.25, 0.3) is 0 Å². The maximum Gasteiger partial charge on any atom is 0.238 e. The van der Waals surface area contributed by atoms with Crippen LogP contribution in [0.1, 0.15) is 10.7 Å². The molecule has 1 amide bonds. The van der Waals surface area contributed by atoms with Gasteiger partial charge in [0.2, 0.25) is 21.1 Å².